The molecule has 0 unspecified atom stereocenters. The minimum atomic E-state index is -3.86. The fraction of sp³-hybridized carbons (Fsp3) is 0.174. The van der Waals surface area contributed by atoms with Crippen molar-refractivity contribution in [2.45, 2.75) is 4.90 Å². The van der Waals surface area contributed by atoms with Gasteiger partial charge in [0.1, 0.15) is 5.75 Å². The first-order valence-corrected chi connectivity index (χ1v) is 11.0. The molecule has 3 aromatic rings. The zero-order chi connectivity index (χ0) is 23.3. The largest absolute Gasteiger partial charge is 0.495 e. The van der Waals surface area contributed by atoms with E-state index in [-0.39, 0.29) is 10.8 Å². The van der Waals surface area contributed by atoms with Crippen LogP contribution in [0, 0.1) is 0 Å². The molecule has 9 heteroatoms. The fourth-order valence-corrected chi connectivity index (χ4v) is 4.12. The van der Waals surface area contributed by atoms with E-state index in [0.717, 1.165) is 0 Å². The van der Waals surface area contributed by atoms with Crippen LogP contribution in [-0.2, 0) is 10.0 Å². The summed E-state index contributed by atoms with van der Waals surface area (Å²) in [6.45, 7) is 0. The van der Waals surface area contributed by atoms with E-state index in [9.17, 15) is 13.2 Å². The summed E-state index contributed by atoms with van der Waals surface area (Å²) in [5.41, 5.74) is 1.25. The van der Waals surface area contributed by atoms with E-state index in [1.807, 2.05) is 0 Å². The maximum atomic E-state index is 12.9. The topological polar surface area (TPSA) is 94.2 Å². The summed E-state index contributed by atoms with van der Waals surface area (Å²) in [4.78, 5) is 14.4. The number of hydrogen-bond donors (Lipinski definition) is 1. The number of amides is 1. The second kappa shape index (κ2) is 9.61. The van der Waals surface area contributed by atoms with E-state index in [4.69, 9.17) is 14.2 Å². The third kappa shape index (κ3) is 4.78. The van der Waals surface area contributed by atoms with Gasteiger partial charge in [0.15, 0.2) is 11.5 Å². The van der Waals surface area contributed by atoms with Crippen molar-refractivity contribution in [2.75, 3.05) is 38.0 Å². The summed E-state index contributed by atoms with van der Waals surface area (Å²) >= 11 is 0. The summed E-state index contributed by atoms with van der Waals surface area (Å²) < 4.78 is 43.7. The second-order valence-corrected chi connectivity index (χ2v) is 8.42. The van der Waals surface area contributed by atoms with E-state index in [1.54, 1.807) is 49.5 Å². The summed E-state index contributed by atoms with van der Waals surface area (Å²) in [6.07, 6.45) is 0. The lowest BCUT2D eigenvalue weighted by atomic mass is 10.2. The Morgan fingerprint density at radius 1 is 0.812 bits per heavy atom. The van der Waals surface area contributed by atoms with Gasteiger partial charge in [0.05, 0.1) is 31.9 Å². The van der Waals surface area contributed by atoms with Crippen molar-refractivity contribution in [1.82, 2.24) is 0 Å². The molecule has 0 radical (unpaired) electrons. The summed E-state index contributed by atoms with van der Waals surface area (Å²) in [6, 6.07) is 17.5. The highest BCUT2D eigenvalue weighted by Gasteiger charge is 2.19. The van der Waals surface area contributed by atoms with Crippen LogP contribution in [0.15, 0.2) is 71.6 Å². The molecule has 1 amide bonds. The van der Waals surface area contributed by atoms with Gasteiger partial charge in [-0.05, 0) is 48.5 Å². The molecule has 0 aliphatic rings. The first-order valence-electron chi connectivity index (χ1n) is 9.56. The van der Waals surface area contributed by atoms with Gasteiger partial charge in [-0.2, -0.15) is 0 Å². The van der Waals surface area contributed by atoms with E-state index >= 15 is 0 Å². The Balaban J connectivity index is 1.80. The van der Waals surface area contributed by atoms with Crippen LogP contribution in [-0.4, -0.2) is 42.7 Å². The smallest absolute Gasteiger partial charge is 0.262 e. The molecule has 0 atom stereocenters. The average Bonchev–Trinajstić information content (AvgIpc) is 2.82. The van der Waals surface area contributed by atoms with Gasteiger partial charge < -0.3 is 19.1 Å². The number of anilines is 2. The lowest BCUT2D eigenvalue weighted by Gasteiger charge is -2.19. The third-order valence-electron chi connectivity index (χ3n) is 4.82. The van der Waals surface area contributed by atoms with Gasteiger partial charge in [-0.15, -0.1) is 0 Å². The van der Waals surface area contributed by atoms with Crippen LogP contribution in [0.2, 0.25) is 0 Å². The number of nitrogens with one attached hydrogen (secondary N) is 1. The van der Waals surface area contributed by atoms with E-state index in [2.05, 4.69) is 4.72 Å². The summed E-state index contributed by atoms with van der Waals surface area (Å²) in [7, 11) is 2.27. The standard InChI is InChI=1S/C23H24N2O6S/c1-25(17-11-14-21(30-3)22(15-17)31-4)23(26)16-9-12-18(13-10-16)32(27,28)24-19-7-5-6-8-20(19)29-2/h5-15,24H,1-4H3. The molecule has 8 nitrogen and oxygen atoms in total. The minimum Gasteiger partial charge on any atom is -0.495 e. The maximum Gasteiger partial charge on any atom is 0.262 e. The molecule has 0 aromatic heterocycles. The van der Waals surface area contributed by atoms with Gasteiger partial charge in [-0.1, -0.05) is 12.1 Å². The maximum absolute atomic E-state index is 12.9. The lowest BCUT2D eigenvalue weighted by molar-refractivity contribution is 0.0993. The van der Waals surface area contributed by atoms with Gasteiger partial charge >= 0.3 is 0 Å². The van der Waals surface area contributed by atoms with Gasteiger partial charge in [0.25, 0.3) is 15.9 Å². The molecule has 3 rings (SSSR count). The molecule has 0 bridgehead atoms. The van der Waals surface area contributed by atoms with Crippen LogP contribution < -0.4 is 23.8 Å². The molecule has 0 fully saturated rings. The molecular weight excluding hydrogens is 432 g/mol. The van der Waals surface area contributed by atoms with Crippen molar-refractivity contribution < 1.29 is 27.4 Å². The van der Waals surface area contributed by atoms with Gasteiger partial charge in [-0.25, -0.2) is 8.42 Å². The molecule has 1 N–H and O–H groups in total. The van der Waals surface area contributed by atoms with E-state index < -0.39 is 10.0 Å². The molecule has 3 aromatic carbocycles. The predicted molar refractivity (Wildman–Crippen MR) is 123 cm³/mol. The molecule has 0 aliphatic carbocycles. The van der Waals surface area contributed by atoms with E-state index in [1.165, 1.54) is 50.5 Å². The predicted octanol–water partition coefficient (Wildman–Crippen LogP) is 3.79. The van der Waals surface area contributed by atoms with Crippen molar-refractivity contribution in [2.24, 2.45) is 0 Å². The SMILES string of the molecule is COc1ccccc1NS(=O)(=O)c1ccc(C(=O)N(C)c2ccc(OC)c(OC)c2)cc1. The first kappa shape index (κ1) is 23.0. The Bertz CT molecular complexity index is 1210. The van der Waals surface area contributed by atoms with Crippen molar-refractivity contribution in [3.05, 3.63) is 72.3 Å². The van der Waals surface area contributed by atoms with Crippen LogP contribution in [0.3, 0.4) is 0 Å². The van der Waals surface area contributed by atoms with Crippen molar-refractivity contribution in [3.63, 3.8) is 0 Å². The molecule has 168 valence electrons. The van der Waals surface area contributed by atoms with Crippen LogP contribution >= 0.6 is 0 Å². The molecule has 0 spiro atoms. The van der Waals surface area contributed by atoms with Crippen molar-refractivity contribution in [3.8, 4) is 17.2 Å². The number of para-hydroxylation sites is 2. The lowest BCUT2D eigenvalue weighted by Crippen LogP contribution is -2.26. The molecule has 0 heterocycles. The number of benzene rings is 3. The summed E-state index contributed by atoms with van der Waals surface area (Å²) in [5.74, 6) is 1.14. The number of hydrogen-bond acceptors (Lipinski definition) is 6. The zero-order valence-corrected chi connectivity index (χ0v) is 19.0. The number of methoxy groups -OCH3 is 3. The highest BCUT2D eigenvalue weighted by Crippen LogP contribution is 2.32. The van der Waals surface area contributed by atoms with Crippen LogP contribution in [0.5, 0.6) is 17.2 Å². The van der Waals surface area contributed by atoms with Gasteiger partial charge in [-0.3, -0.25) is 9.52 Å². The van der Waals surface area contributed by atoms with Crippen molar-refractivity contribution >= 4 is 27.3 Å². The molecule has 0 saturated carbocycles. The Morgan fingerprint density at radius 2 is 1.44 bits per heavy atom. The molecule has 0 aliphatic heterocycles. The fourth-order valence-electron chi connectivity index (χ4n) is 3.05. The second-order valence-electron chi connectivity index (χ2n) is 6.73. The number of carbonyl (C=O) groups is 1. The van der Waals surface area contributed by atoms with Gasteiger partial charge in [0.2, 0.25) is 0 Å². The normalized spacial score (nSPS) is 10.9. The van der Waals surface area contributed by atoms with E-state index in [0.29, 0.717) is 34.2 Å². The number of nitrogens with zero attached hydrogens (tertiary/aromatic N) is 1. The zero-order valence-electron chi connectivity index (χ0n) is 18.2. The third-order valence-corrected chi connectivity index (χ3v) is 6.20. The quantitative estimate of drug-likeness (QED) is 0.554. The number of sulfonamides is 1. The molecule has 0 saturated heterocycles. The number of ether oxygens (including phenoxy) is 3. The Kier molecular flexibility index (Phi) is 6.89. The first-order chi connectivity index (χ1) is 15.3. The minimum absolute atomic E-state index is 0.0220. The van der Waals surface area contributed by atoms with Gasteiger partial charge in [0, 0.05) is 24.4 Å². The van der Waals surface area contributed by atoms with Crippen LogP contribution in [0.4, 0.5) is 11.4 Å². The Hall–Kier alpha value is -3.72. The number of carbonyl (C=O) groups excluding carboxylic acids is 1. The van der Waals surface area contributed by atoms with Crippen molar-refractivity contribution in [1.29, 1.82) is 0 Å². The Morgan fingerprint density at radius 3 is 2.06 bits per heavy atom. The summed E-state index contributed by atoms with van der Waals surface area (Å²) in [5, 5.41) is 0. The Labute approximate surface area is 187 Å². The monoisotopic (exact) mass is 456 g/mol. The van der Waals surface area contributed by atoms with Crippen LogP contribution in [0.25, 0.3) is 0 Å². The average molecular weight is 457 g/mol. The van der Waals surface area contributed by atoms with Crippen LogP contribution in [0.1, 0.15) is 10.4 Å². The molecule has 32 heavy (non-hydrogen) atoms. The number of rotatable bonds is 8. The highest BCUT2D eigenvalue weighted by molar-refractivity contribution is 7.92. The molecular formula is C23H24N2O6S. The highest BCUT2D eigenvalue weighted by atomic mass is 32.2.